The predicted octanol–water partition coefficient (Wildman–Crippen LogP) is 3.76. The summed E-state index contributed by atoms with van der Waals surface area (Å²) in [6, 6.07) is 19.4. The number of hydrogen-bond donors (Lipinski definition) is 1. The molecule has 0 unspecified atom stereocenters. The van der Waals surface area contributed by atoms with Gasteiger partial charge in [0.15, 0.2) is 5.17 Å². The first-order chi connectivity index (χ1) is 12.3. The Morgan fingerprint density at radius 1 is 1.04 bits per heavy atom. The molecule has 1 aliphatic heterocycles. The van der Waals surface area contributed by atoms with Crippen molar-refractivity contribution in [2.75, 3.05) is 0 Å². The number of nitrogens with one attached hydrogen (secondary N) is 1. The summed E-state index contributed by atoms with van der Waals surface area (Å²) in [5.74, 6) is -0.146. The average molecular weight is 346 g/mol. The monoisotopic (exact) mass is 346 g/mol. The SMILES string of the molecule is O=C1NC(=Nc2ccccc2)SC1=Cc1cnn(-c2ccccc2)c1. The highest BCUT2D eigenvalue weighted by Gasteiger charge is 2.23. The van der Waals surface area contributed by atoms with E-state index in [0.29, 0.717) is 10.1 Å². The maximum absolute atomic E-state index is 12.1. The molecular weight excluding hydrogens is 332 g/mol. The minimum Gasteiger partial charge on any atom is -0.300 e. The Hall–Kier alpha value is -3.12. The topological polar surface area (TPSA) is 59.3 Å². The van der Waals surface area contributed by atoms with E-state index in [2.05, 4.69) is 15.4 Å². The number of thioether (sulfide) groups is 1. The van der Waals surface area contributed by atoms with Crippen LogP contribution in [-0.4, -0.2) is 20.9 Å². The summed E-state index contributed by atoms with van der Waals surface area (Å²) in [6.07, 6.45) is 5.45. The number of rotatable bonds is 3. The van der Waals surface area contributed by atoms with E-state index in [4.69, 9.17) is 0 Å². The normalized spacial score (nSPS) is 17.2. The molecule has 1 saturated heterocycles. The molecule has 0 spiro atoms. The first-order valence-electron chi connectivity index (χ1n) is 7.73. The average Bonchev–Trinajstić information content (AvgIpc) is 3.24. The number of benzene rings is 2. The number of amidine groups is 1. The summed E-state index contributed by atoms with van der Waals surface area (Å²) in [4.78, 5) is 17.2. The van der Waals surface area contributed by atoms with Gasteiger partial charge in [0.05, 0.1) is 22.5 Å². The fourth-order valence-electron chi connectivity index (χ4n) is 2.38. The van der Waals surface area contributed by atoms with Gasteiger partial charge in [0, 0.05) is 11.8 Å². The van der Waals surface area contributed by atoms with E-state index in [1.165, 1.54) is 11.8 Å². The van der Waals surface area contributed by atoms with E-state index in [9.17, 15) is 4.79 Å². The standard InChI is InChI=1S/C19H14N4OS/c24-18-17(25-19(22-18)21-15-7-3-1-4-8-15)11-14-12-20-23(13-14)16-9-5-2-6-10-16/h1-13H,(H,21,22,24). The third-order valence-electron chi connectivity index (χ3n) is 3.56. The molecule has 6 heteroatoms. The van der Waals surface area contributed by atoms with Crippen molar-refractivity contribution < 1.29 is 4.79 Å². The van der Waals surface area contributed by atoms with Gasteiger partial charge in [-0.1, -0.05) is 36.4 Å². The Bertz CT molecular complexity index is 961. The van der Waals surface area contributed by atoms with Crippen molar-refractivity contribution in [3.63, 3.8) is 0 Å². The zero-order chi connectivity index (χ0) is 17.1. The maximum Gasteiger partial charge on any atom is 0.264 e. The summed E-state index contributed by atoms with van der Waals surface area (Å²) in [7, 11) is 0. The molecule has 1 aromatic heterocycles. The molecule has 0 atom stereocenters. The second kappa shape index (κ2) is 6.78. The Morgan fingerprint density at radius 3 is 2.52 bits per heavy atom. The van der Waals surface area contributed by atoms with Crippen LogP contribution in [0.3, 0.4) is 0 Å². The highest BCUT2D eigenvalue weighted by Crippen LogP contribution is 2.28. The van der Waals surface area contributed by atoms with Crippen LogP contribution in [0.25, 0.3) is 11.8 Å². The van der Waals surface area contributed by atoms with Gasteiger partial charge in [0.1, 0.15) is 0 Å². The van der Waals surface area contributed by atoms with Gasteiger partial charge in [0.25, 0.3) is 5.91 Å². The summed E-state index contributed by atoms with van der Waals surface area (Å²) in [5.41, 5.74) is 2.65. The van der Waals surface area contributed by atoms with Crippen molar-refractivity contribution in [3.8, 4) is 5.69 Å². The zero-order valence-corrected chi connectivity index (χ0v) is 14.0. The van der Waals surface area contributed by atoms with Gasteiger partial charge in [-0.05, 0) is 42.1 Å². The lowest BCUT2D eigenvalue weighted by Crippen LogP contribution is -2.19. The molecule has 0 bridgehead atoms. The second-order valence-electron chi connectivity index (χ2n) is 5.37. The first kappa shape index (κ1) is 15.4. The summed E-state index contributed by atoms with van der Waals surface area (Å²) in [5, 5.41) is 7.71. The molecule has 0 aliphatic carbocycles. The van der Waals surface area contributed by atoms with Crippen molar-refractivity contribution in [2.24, 2.45) is 4.99 Å². The third-order valence-corrected chi connectivity index (χ3v) is 4.47. The molecule has 2 heterocycles. The van der Waals surface area contributed by atoms with Gasteiger partial charge in [-0.2, -0.15) is 5.10 Å². The quantitative estimate of drug-likeness (QED) is 0.735. The predicted molar refractivity (Wildman–Crippen MR) is 101 cm³/mol. The largest absolute Gasteiger partial charge is 0.300 e. The molecule has 0 radical (unpaired) electrons. The number of para-hydroxylation sites is 2. The highest BCUT2D eigenvalue weighted by atomic mass is 32.2. The summed E-state index contributed by atoms with van der Waals surface area (Å²) >= 11 is 1.33. The fourth-order valence-corrected chi connectivity index (χ4v) is 3.23. The molecule has 1 aliphatic rings. The van der Waals surface area contributed by atoms with Crippen LogP contribution in [-0.2, 0) is 4.79 Å². The Balaban J connectivity index is 1.55. The lowest BCUT2D eigenvalue weighted by molar-refractivity contribution is -0.115. The zero-order valence-electron chi connectivity index (χ0n) is 13.2. The van der Waals surface area contributed by atoms with Crippen LogP contribution in [0.5, 0.6) is 0 Å². The van der Waals surface area contributed by atoms with Crippen molar-refractivity contribution >= 4 is 34.6 Å². The minimum absolute atomic E-state index is 0.146. The van der Waals surface area contributed by atoms with E-state index in [0.717, 1.165) is 16.9 Å². The van der Waals surface area contributed by atoms with Crippen molar-refractivity contribution in [2.45, 2.75) is 0 Å². The summed E-state index contributed by atoms with van der Waals surface area (Å²) < 4.78 is 1.78. The molecule has 0 saturated carbocycles. The molecule has 25 heavy (non-hydrogen) atoms. The molecule has 2 aromatic carbocycles. The van der Waals surface area contributed by atoms with E-state index in [1.807, 2.05) is 72.9 Å². The molecule has 4 rings (SSSR count). The maximum atomic E-state index is 12.1. The lowest BCUT2D eigenvalue weighted by Gasteiger charge is -1.98. The van der Waals surface area contributed by atoms with Crippen molar-refractivity contribution in [1.29, 1.82) is 0 Å². The van der Waals surface area contributed by atoms with Gasteiger partial charge in [-0.15, -0.1) is 0 Å². The molecular formula is C19H14N4OS. The Kier molecular flexibility index (Phi) is 4.18. The summed E-state index contributed by atoms with van der Waals surface area (Å²) in [6.45, 7) is 0. The Labute approximate surface area is 149 Å². The van der Waals surface area contributed by atoms with Crippen molar-refractivity contribution in [1.82, 2.24) is 15.1 Å². The molecule has 5 nitrogen and oxygen atoms in total. The van der Waals surface area contributed by atoms with Gasteiger partial charge < -0.3 is 5.32 Å². The number of aromatic nitrogens is 2. The molecule has 1 fully saturated rings. The second-order valence-corrected chi connectivity index (χ2v) is 6.40. The van der Waals surface area contributed by atoms with Crippen LogP contribution in [0.2, 0.25) is 0 Å². The van der Waals surface area contributed by atoms with Crippen LogP contribution >= 0.6 is 11.8 Å². The molecule has 3 aromatic rings. The number of aliphatic imine (C=N–C) groups is 1. The minimum atomic E-state index is -0.146. The van der Waals surface area contributed by atoms with E-state index >= 15 is 0 Å². The smallest absolute Gasteiger partial charge is 0.264 e. The van der Waals surface area contributed by atoms with Crippen LogP contribution < -0.4 is 5.32 Å². The molecule has 122 valence electrons. The van der Waals surface area contributed by atoms with Gasteiger partial charge in [-0.3, -0.25) is 4.79 Å². The molecule has 1 amide bonds. The van der Waals surface area contributed by atoms with Crippen molar-refractivity contribution in [3.05, 3.63) is 83.5 Å². The van der Waals surface area contributed by atoms with E-state index < -0.39 is 0 Å². The number of hydrogen-bond acceptors (Lipinski definition) is 4. The number of amides is 1. The van der Waals surface area contributed by atoms with Gasteiger partial charge in [0.2, 0.25) is 0 Å². The van der Waals surface area contributed by atoms with Gasteiger partial charge in [-0.25, -0.2) is 9.67 Å². The van der Waals surface area contributed by atoms with Crippen LogP contribution in [0, 0.1) is 0 Å². The Morgan fingerprint density at radius 2 is 1.76 bits per heavy atom. The first-order valence-corrected chi connectivity index (χ1v) is 8.54. The highest BCUT2D eigenvalue weighted by molar-refractivity contribution is 8.18. The van der Waals surface area contributed by atoms with Crippen LogP contribution in [0.1, 0.15) is 5.56 Å². The molecule has 1 N–H and O–H groups in total. The van der Waals surface area contributed by atoms with Crippen LogP contribution in [0.15, 0.2) is 83.0 Å². The number of nitrogens with zero attached hydrogens (tertiary/aromatic N) is 3. The van der Waals surface area contributed by atoms with E-state index in [1.54, 1.807) is 10.9 Å². The van der Waals surface area contributed by atoms with Crippen LogP contribution in [0.4, 0.5) is 5.69 Å². The lowest BCUT2D eigenvalue weighted by atomic mass is 10.3. The number of carbonyl (C=O) groups excluding carboxylic acids is 1. The van der Waals surface area contributed by atoms with E-state index in [-0.39, 0.29) is 5.91 Å². The fraction of sp³-hybridized carbons (Fsp3) is 0. The van der Waals surface area contributed by atoms with Gasteiger partial charge >= 0.3 is 0 Å². The number of carbonyl (C=O) groups is 1. The third kappa shape index (κ3) is 3.54.